The van der Waals surface area contributed by atoms with E-state index in [0.717, 1.165) is 0 Å². The third-order valence-corrected chi connectivity index (χ3v) is 1.95. The van der Waals surface area contributed by atoms with Gasteiger partial charge in [-0.25, -0.2) is 4.79 Å². The Kier molecular flexibility index (Phi) is 2.93. The lowest BCUT2D eigenvalue weighted by atomic mass is 10.1. The number of hydrogen-bond donors (Lipinski definition) is 3. The van der Waals surface area contributed by atoms with Crippen LogP contribution >= 0.6 is 0 Å². The molecule has 0 bridgehead atoms. The molecule has 8 heteroatoms. The lowest BCUT2D eigenvalue weighted by Crippen LogP contribution is -2.38. The summed E-state index contributed by atoms with van der Waals surface area (Å²) in [5.41, 5.74) is 8.12. The Morgan fingerprint density at radius 3 is 2.44 bits per heavy atom. The van der Waals surface area contributed by atoms with E-state index in [9.17, 15) is 19.2 Å². The Morgan fingerprint density at radius 1 is 1.38 bits per heavy atom. The van der Waals surface area contributed by atoms with Gasteiger partial charge in [-0.2, -0.15) is 0 Å². The average Bonchev–Trinajstić information content (AvgIpc) is 2.13. The summed E-state index contributed by atoms with van der Waals surface area (Å²) in [6.45, 7) is 0. The Morgan fingerprint density at radius 2 is 1.94 bits per heavy atom. The van der Waals surface area contributed by atoms with E-state index in [0.29, 0.717) is 4.57 Å². The van der Waals surface area contributed by atoms with Gasteiger partial charge in [0, 0.05) is 7.05 Å². The van der Waals surface area contributed by atoms with Crippen molar-refractivity contribution in [3.05, 3.63) is 26.4 Å². The van der Waals surface area contributed by atoms with Gasteiger partial charge in [0.2, 0.25) is 5.91 Å². The number of rotatable bonds is 3. The monoisotopic (exact) mass is 226 g/mol. The minimum absolute atomic E-state index is 0.362. The molecule has 0 atom stereocenters. The van der Waals surface area contributed by atoms with Crippen LogP contribution in [0.15, 0.2) is 9.59 Å². The van der Waals surface area contributed by atoms with Gasteiger partial charge in [-0.05, 0) is 0 Å². The molecule has 1 rings (SSSR count). The van der Waals surface area contributed by atoms with E-state index in [-0.39, 0.29) is 5.82 Å². The standard InChI is InChI=1S/C8H10N4O4/c1-12-7(15)5(3(13)2-4(9)14)6(10)11-8(12)16/h2,10H2,1H3,(H2,9,14)(H,11,16). The molecule has 0 aliphatic carbocycles. The Bertz CT molecular complexity index is 568. The van der Waals surface area contributed by atoms with Crippen LogP contribution in [-0.2, 0) is 11.8 Å². The summed E-state index contributed by atoms with van der Waals surface area (Å²) >= 11 is 0. The second kappa shape index (κ2) is 4.01. The third-order valence-electron chi connectivity index (χ3n) is 1.95. The van der Waals surface area contributed by atoms with Crippen molar-refractivity contribution >= 4 is 17.5 Å². The molecule has 0 unspecified atom stereocenters. The fourth-order valence-electron chi connectivity index (χ4n) is 1.15. The highest BCUT2D eigenvalue weighted by molar-refractivity contribution is 6.08. The number of Topliss-reactive ketones (excluding diaryl/α,β-unsaturated/α-hetero) is 1. The second-order valence-corrected chi connectivity index (χ2v) is 3.15. The van der Waals surface area contributed by atoms with Gasteiger partial charge in [-0.1, -0.05) is 0 Å². The molecule has 0 aliphatic heterocycles. The van der Waals surface area contributed by atoms with Crippen LogP contribution in [0.1, 0.15) is 16.8 Å². The number of aromatic nitrogens is 2. The number of aromatic amines is 1. The van der Waals surface area contributed by atoms with E-state index < -0.39 is 34.9 Å². The van der Waals surface area contributed by atoms with Gasteiger partial charge >= 0.3 is 5.69 Å². The summed E-state index contributed by atoms with van der Waals surface area (Å²) in [5.74, 6) is -2.06. The third kappa shape index (κ3) is 2.00. The van der Waals surface area contributed by atoms with Crippen LogP contribution in [0.3, 0.4) is 0 Å². The lowest BCUT2D eigenvalue weighted by Gasteiger charge is -2.04. The van der Waals surface area contributed by atoms with Crippen LogP contribution in [-0.4, -0.2) is 21.2 Å². The molecular formula is C8H10N4O4. The fourth-order valence-corrected chi connectivity index (χ4v) is 1.15. The second-order valence-electron chi connectivity index (χ2n) is 3.15. The highest BCUT2D eigenvalue weighted by Crippen LogP contribution is 2.02. The zero-order valence-electron chi connectivity index (χ0n) is 8.44. The largest absolute Gasteiger partial charge is 0.384 e. The average molecular weight is 226 g/mol. The zero-order chi connectivity index (χ0) is 12.5. The maximum absolute atomic E-state index is 11.5. The molecule has 86 valence electrons. The Labute approximate surface area is 88.9 Å². The number of nitrogens with two attached hydrogens (primary N) is 2. The van der Waals surface area contributed by atoms with E-state index in [4.69, 9.17) is 11.5 Å². The quantitative estimate of drug-likeness (QED) is 0.393. The molecule has 1 aromatic heterocycles. The predicted octanol–water partition coefficient (Wildman–Crippen LogP) is -2.29. The van der Waals surface area contributed by atoms with Gasteiger partial charge in [0.15, 0.2) is 5.78 Å². The molecule has 8 nitrogen and oxygen atoms in total. The molecule has 0 saturated heterocycles. The first-order valence-electron chi connectivity index (χ1n) is 4.25. The van der Waals surface area contributed by atoms with Crippen LogP contribution in [0, 0.1) is 0 Å². The number of hydrogen-bond acceptors (Lipinski definition) is 5. The number of ketones is 1. The first-order chi connectivity index (χ1) is 7.34. The van der Waals surface area contributed by atoms with E-state index in [1.54, 1.807) is 0 Å². The van der Waals surface area contributed by atoms with Crippen molar-refractivity contribution in [1.29, 1.82) is 0 Å². The molecule has 1 aromatic rings. The highest BCUT2D eigenvalue weighted by atomic mass is 16.2. The summed E-state index contributed by atoms with van der Waals surface area (Å²) in [6, 6.07) is 0. The van der Waals surface area contributed by atoms with Crippen molar-refractivity contribution < 1.29 is 9.59 Å². The predicted molar refractivity (Wildman–Crippen MR) is 54.9 cm³/mol. The topological polar surface area (TPSA) is 141 Å². The number of nitrogens with zero attached hydrogens (tertiary/aromatic N) is 1. The summed E-state index contributed by atoms with van der Waals surface area (Å²) in [7, 11) is 1.18. The van der Waals surface area contributed by atoms with Gasteiger partial charge in [-0.3, -0.25) is 23.9 Å². The molecule has 0 saturated carbocycles. The maximum atomic E-state index is 11.5. The van der Waals surface area contributed by atoms with Crippen LogP contribution < -0.4 is 22.7 Å². The molecule has 0 spiro atoms. The van der Waals surface area contributed by atoms with Crippen LogP contribution in [0.5, 0.6) is 0 Å². The van der Waals surface area contributed by atoms with Gasteiger partial charge < -0.3 is 11.5 Å². The SMILES string of the molecule is Cn1c(=O)[nH]c(N)c(C(=O)CC(N)=O)c1=O. The summed E-state index contributed by atoms with van der Waals surface area (Å²) in [5, 5.41) is 0. The molecule has 0 aliphatic rings. The number of anilines is 1. The van der Waals surface area contributed by atoms with Crippen molar-refractivity contribution in [2.75, 3.05) is 5.73 Å². The molecule has 5 N–H and O–H groups in total. The maximum Gasteiger partial charge on any atom is 0.329 e. The number of nitrogens with one attached hydrogen (secondary N) is 1. The fraction of sp³-hybridized carbons (Fsp3) is 0.250. The van der Waals surface area contributed by atoms with Gasteiger partial charge in [0.1, 0.15) is 11.4 Å². The number of carbonyl (C=O) groups excluding carboxylic acids is 2. The molecule has 0 fully saturated rings. The highest BCUT2D eigenvalue weighted by Gasteiger charge is 2.19. The van der Waals surface area contributed by atoms with E-state index in [2.05, 4.69) is 4.98 Å². The molecule has 0 aromatic carbocycles. The lowest BCUT2D eigenvalue weighted by molar-refractivity contribution is -0.117. The number of carbonyl (C=O) groups is 2. The Hall–Kier alpha value is -2.38. The smallest absolute Gasteiger partial charge is 0.329 e. The summed E-state index contributed by atoms with van der Waals surface area (Å²) < 4.78 is 0.685. The number of primary amides is 1. The van der Waals surface area contributed by atoms with Crippen molar-refractivity contribution in [2.24, 2.45) is 12.8 Å². The molecular weight excluding hydrogens is 216 g/mol. The number of nitrogen functional groups attached to an aromatic ring is 1. The van der Waals surface area contributed by atoms with Gasteiger partial charge in [0.05, 0.1) is 6.42 Å². The summed E-state index contributed by atoms with van der Waals surface area (Å²) in [4.78, 5) is 46.7. The normalized spacial score (nSPS) is 10.1. The summed E-state index contributed by atoms with van der Waals surface area (Å²) in [6.07, 6.45) is -0.633. The van der Waals surface area contributed by atoms with E-state index in [1.165, 1.54) is 7.05 Å². The minimum Gasteiger partial charge on any atom is -0.384 e. The Balaban J connectivity index is 3.41. The van der Waals surface area contributed by atoms with Crippen molar-refractivity contribution in [3.8, 4) is 0 Å². The zero-order valence-corrected chi connectivity index (χ0v) is 8.44. The van der Waals surface area contributed by atoms with Gasteiger partial charge in [-0.15, -0.1) is 0 Å². The molecule has 16 heavy (non-hydrogen) atoms. The van der Waals surface area contributed by atoms with Crippen molar-refractivity contribution in [1.82, 2.24) is 9.55 Å². The first-order valence-corrected chi connectivity index (χ1v) is 4.25. The molecule has 1 amide bonds. The van der Waals surface area contributed by atoms with Crippen molar-refractivity contribution in [2.45, 2.75) is 6.42 Å². The number of H-pyrrole nitrogens is 1. The molecule has 1 heterocycles. The van der Waals surface area contributed by atoms with Crippen LogP contribution in [0.2, 0.25) is 0 Å². The van der Waals surface area contributed by atoms with Crippen LogP contribution in [0.25, 0.3) is 0 Å². The van der Waals surface area contributed by atoms with E-state index in [1.807, 2.05) is 0 Å². The minimum atomic E-state index is -0.877. The number of amides is 1. The van der Waals surface area contributed by atoms with Crippen molar-refractivity contribution in [3.63, 3.8) is 0 Å². The molecule has 0 radical (unpaired) electrons. The van der Waals surface area contributed by atoms with E-state index >= 15 is 0 Å². The van der Waals surface area contributed by atoms with Gasteiger partial charge in [0.25, 0.3) is 5.56 Å². The van der Waals surface area contributed by atoms with Crippen LogP contribution in [0.4, 0.5) is 5.82 Å². The first kappa shape index (κ1) is 11.7.